The van der Waals surface area contributed by atoms with Crippen molar-refractivity contribution in [3.63, 3.8) is 0 Å². The van der Waals surface area contributed by atoms with Crippen LogP contribution in [0.25, 0.3) is 0 Å². The molecule has 1 fully saturated rings. The van der Waals surface area contributed by atoms with Crippen LogP contribution in [0.15, 0.2) is 11.4 Å². The molecular weight excluding hydrogens is 234 g/mol. The number of nitrogens with one attached hydrogen (secondary N) is 1. The number of hydrogen-bond acceptors (Lipinski definition) is 5. The fourth-order valence-electron chi connectivity index (χ4n) is 2.16. The fourth-order valence-corrected chi connectivity index (χ4v) is 2.50. The molecule has 1 atom stereocenters. The number of anilines is 1. The highest BCUT2D eigenvalue weighted by Crippen LogP contribution is 2.27. The molecule has 5 heteroatoms. The molecule has 1 heterocycles. The predicted octanol–water partition coefficient (Wildman–Crippen LogP) is 2.61. The summed E-state index contributed by atoms with van der Waals surface area (Å²) in [4.78, 5) is 8.66. The fraction of sp³-hybridized carbons (Fsp3) is 0.667. The average Bonchev–Trinajstić information content (AvgIpc) is 2.81. The van der Waals surface area contributed by atoms with Gasteiger partial charge in [0, 0.05) is 17.8 Å². The van der Waals surface area contributed by atoms with Gasteiger partial charge in [0.25, 0.3) is 0 Å². The summed E-state index contributed by atoms with van der Waals surface area (Å²) < 4.78 is 0. The van der Waals surface area contributed by atoms with E-state index < -0.39 is 6.10 Å². The molecular formula is C12H19N3OS. The van der Waals surface area contributed by atoms with Crippen LogP contribution in [0.2, 0.25) is 0 Å². The number of thioether (sulfide) groups is 1. The molecule has 1 aliphatic rings. The van der Waals surface area contributed by atoms with Gasteiger partial charge in [0.2, 0.25) is 0 Å². The molecule has 1 unspecified atom stereocenters. The van der Waals surface area contributed by atoms with Crippen LogP contribution >= 0.6 is 11.8 Å². The van der Waals surface area contributed by atoms with Gasteiger partial charge in [-0.15, -0.1) is 0 Å². The normalized spacial score (nSPS) is 18.3. The van der Waals surface area contributed by atoms with Crippen molar-refractivity contribution in [2.24, 2.45) is 0 Å². The van der Waals surface area contributed by atoms with Crippen LogP contribution in [-0.4, -0.2) is 27.4 Å². The molecule has 2 rings (SSSR count). The Balaban J connectivity index is 2.21. The second kappa shape index (κ2) is 5.69. The van der Waals surface area contributed by atoms with Gasteiger partial charge in [0.05, 0.1) is 6.10 Å². The second-order valence-corrected chi connectivity index (χ2v) is 5.24. The van der Waals surface area contributed by atoms with E-state index in [4.69, 9.17) is 0 Å². The number of aromatic nitrogens is 2. The summed E-state index contributed by atoms with van der Waals surface area (Å²) in [7, 11) is 0. The van der Waals surface area contributed by atoms with Crippen molar-refractivity contribution < 1.29 is 5.11 Å². The van der Waals surface area contributed by atoms with Gasteiger partial charge in [-0.05, 0) is 26.0 Å². The minimum atomic E-state index is -0.533. The van der Waals surface area contributed by atoms with Crippen molar-refractivity contribution in [1.82, 2.24) is 9.97 Å². The molecule has 0 aromatic carbocycles. The van der Waals surface area contributed by atoms with E-state index in [1.165, 1.54) is 37.4 Å². The molecule has 2 N–H and O–H groups in total. The molecule has 1 aromatic rings. The van der Waals surface area contributed by atoms with Crippen molar-refractivity contribution in [3.05, 3.63) is 11.8 Å². The largest absolute Gasteiger partial charge is 0.389 e. The third kappa shape index (κ3) is 3.10. The van der Waals surface area contributed by atoms with Crippen LogP contribution < -0.4 is 5.32 Å². The van der Waals surface area contributed by atoms with Gasteiger partial charge in [-0.1, -0.05) is 24.6 Å². The molecule has 17 heavy (non-hydrogen) atoms. The van der Waals surface area contributed by atoms with E-state index in [1.807, 2.05) is 6.26 Å². The van der Waals surface area contributed by atoms with Crippen LogP contribution in [-0.2, 0) is 0 Å². The standard InChI is InChI=1S/C12H19N3OS/c1-8(16)10-7-13-12(17-2)15-11(10)14-9-5-3-4-6-9/h7-9,16H,3-6H2,1-2H3,(H,13,14,15). The first-order valence-electron chi connectivity index (χ1n) is 6.06. The lowest BCUT2D eigenvalue weighted by Gasteiger charge is -2.17. The van der Waals surface area contributed by atoms with Gasteiger partial charge in [-0.25, -0.2) is 9.97 Å². The third-order valence-electron chi connectivity index (χ3n) is 3.12. The Kier molecular flexibility index (Phi) is 4.23. The van der Waals surface area contributed by atoms with E-state index in [9.17, 15) is 5.11 Å². The van der Waals surface area contributed by atoms with Crippen molar-refractivity contribution in [2.45, 2.75) is 49.9 Å². The Bertz CT molecular complexity index is 378. The van der Waals surface area contributed by atoms with E-state index in [2.05, 4.69) is 15.3 Å². The number of rotatable bonds is 4. The van der Waals surface area contributed by atoms with Gasteiger partial charge in [-0.3, -0.25) is 0 Å². The van der Waals surface area contributed by atoms with Gasteiger partial charge in [-0.2, -0.15) is 0 Å². The zero-order valence-electron chi connectivity index (χ0n) is 10.3. The third-order valence-corrected chi connectivity index (χ3v) is 3.69. The van der Waals surface area contributed by atoms with Crippen LogP contribution in [0.3, 0.4) is 0 Å². The molecule has 1 aromatic heterocycles. The first kappa shape index (κ1) is 12.6. The summed E-state index contributed by atoms with van der Waals surface area (Å²) in [6.45, 7) is 1.75. The number of nitrogens with zero attached hydrogens (tertiary/aromatic N) is 2. The Hall–Kier alpha value is -0.810. The Morgan fingerprint density at radius 2 is 2.18 bits per heavy atom. The van der Waals surface area contributed by atoms with Gasteiger partial charge >= 0.3 is 0 Å². The zero-order valence-corrected chi connectivity index (χ0v) is 11.1. The van der Waals surface area contributed by atoms with E-state index in [0.717, 1.165) is 16.5 Å². The minimum absolute atomic E-state index is 0.497. The van der Waals surface area contributed by atoms with Crippen molar-refractivity contribution >= 4 is 17.6 Å². The van der Waals surface area contributed by atoms with Crippen LogP contribution in [0.1, 0.15) is 44.3 Å². The molecule has 1 saturated carbocycles. The zero-order chi connectivity index (χ0) is 12.3. The van der Waals surface area contributed by atoms with Gasteiger partial charge in [0.15, 0.2) is 5.16 Å². The molecule has 1 aliphatic carbocycles. The van der Waals surface area contributed by atoms with Crippen LogP contribution in [0, 0.1) is 0 Å². The first-order valence-corrected chi connectivity index (χ1v) is 7.28. The molecule has 94 valence electrons. The highest BCUT2D eigenvalue weighted by Gasteiger charge is 2.18. The molecule has 0 saturated heterocycles. The summed E-state index contributed by atoms with van der Waals surface area (Å²) in [5, 5.41) is 13.9. The maximum absolute atomic E-state index is 9.72. The summed E-state index contributed by atoms with van der Waals surface area (Å²) in [6, 6.07) is 0.497. The lowest BCUT2D eigenvalue weighted by atomic mass is 10.2. The molecule has 4 nitrogen and oxygen atoms in total. The summed E-state index contributed by atoms with van der Waals surface area (Å²) in [5.41, 5.74) is 0.787. The summed E-state index contributed by atoms with van der Waals surface area (Å²) >= 11 is 1.52. The topological polar surface area (TPSA) is 58.0 Å². The highest BCUT2D eigenvalue weighted by molar-refractivity contribution is 7.98. The van der Waals surface area contributed by atoms with Gasteiger partial charge in [0.1, 0.15) is 5.82 Å². The average molecular weight is 253 g/mol. The Morgan fingerprint density at radius 1 is 1.47 bits per heavy atom. The minimum Gasteiger partial charge on any atom is -0.389 e. The first-order chi connectivity index (χ1) is 8.20. The second-order valence-electron chi connectivity index (χ2n) is 4.46. The van der Waals surface area contributed by atoms with Gasteiger partial charge < -0.3 is 10.4 Å². The Morgan fingerprint density at radius 3 is 2.76 bits per heavy atom. The van der Waals surface area contributed by atoms with Crippen LogP contribution in [0.4, 0.5) is 5.82 Å². The van der Waals surface area contributed by atoms with E-state index >= 15 is 0 Å². The summed E-state index contributed by atoms with van der Waals surface area (Å²) in [5.74, 6) is 0.797. The smallest absolute Gasteiger partial charge is 0.189 e. The summed E-state index contributed by atoms with van der Waals surface area (Å²) in [6.07, 6.45) is 8.09. The SMILES string of the molecule is CSc1ncc(C(C)O)c(NC2CCCC2)n1. The van der Waals surface area contributed by atoms with Crippen molar-refractivity contribution in [3.8, 4) is 0 Å². The monoisotopic (exact) mass is 253 g/mol. The maximum atomic E-state index is 9.72. The number of aliphatic hydroxyl groups is 1. The van der Waals surface area contributed by atoms with E-state index in [-0.39, 0.29) is 0 Å². The van der Waals surface area contributed by atoms with E-state index in [0.29, 0.717) is 6.04 Å². The molecule has 0 bridgehead atoms. The lowest BCUT2D eigenvalue weighted by molar-refractivity contribution is 0.199. The predicted molar refractivity (Wildman–Crippen MR) is 70.3 cm³/mol. The maximum Gasteiger partial charge on any atom is 0.189 e. The number of aliphatic hydroxyl groups excluding tert-OH is 1. The van der Waals surface area contributed by atoms with Crippen LogP contribution in [0.5, 0.6) is 0 Å². The highest BCUT2D eigenvalue weighted by atomic mass is 32.2. The quantitative estimate of drug-likeness (QED) is 0.638. The molecule has 0 amide bonds. The van der Waals surface area contributed by atoms with E-state index in [1.54, 1.807) is 13.1 Å². The molecule has 0 radical (unpaired) electrons. The van der Waals surface area contributed by atoms with Crippen molar-refractivity contribution in [2.75, 3.05) is 11.6 Å². The Labute approximate surface area is 106 Å². The lowest BCUT2D eigenvalue weighted by Crippen LogP contribution is -2.18. The van der Waals surface area contributed by atoms with Crippen molar-refractivity contribution in [1.29, 1.82) is 0 Å². The molecule has 0 spiro atoms. The number of hydrogen-bond donors (Lipinski definition) is 2. The molecule has 0 aliphatic heterocycles.